The summed E-state index contributed by atoms with van der Waals surface area (Å²) in [6.07, 6.45) is 0. The average Bonchev–Trinajstić information content (AvgIpc) is 2.46. The Balaban J connectivity index is 0.000000956. The summed E-state index contributed by atoms with van der Waals surface area (Å²) in [5, 5.41) is 2.87. The Hall–Kier alpha value is -1.55. The molecule has 4 nitrogen and oxygen atoms in total. The van der Waals surface area contributed by atoms with Gasteiger partial charge in [0.25, 0.3) is 0 Å². The molecule has 1 aliphatic rings. The zero-order chi connectivity index (χ0) is 15.0. The number of amides is 2. The molecule has 110 valence electrons. The molecule has 0 bridgehead atoms. The molecule has 2 rings (SSSR count). The number of alkyl halides is 1. The van der Waals surface area contributed by atoms with Crippen LogP contribution in [0.15, 0.2) is 30.3 Å². The predicted octanol–water partition coefficient (Wildman–Crippen LogP) is 2.03. The van der Waals surface area contributed by atoms with Crippen LogP contribution in [0.25, 0.3) is 0 Å². The minimum Gasteiger partial charge on any atom is -0.352 e. The number of halogens is 1. The maximum atomic E-state index is 11.8. The molecule has 0 aliphatic carbocycles. The Labute approximate surface area is 125 Å². The van der Waals surface area contributed by atoms with Crippen molar-refractivity contribution in [1.82, 2.24) is 10.2 Å². The molecule has 0 unspecified atom stereocenters. The van der Waals surface area contributed by atoms with Crippen LogP contribution in [0.4, 0.5) is 0 Å². The summed E-state index contributed by atoms with van der Waals surface area (Å²) in [7, 11) is 0. The highest BCUT2D eigenvalue weighted by molar-refractivity contribution is 6.27. The number of benzene rings is 1. The van der Waals surface area contributed by atoms with Crippen LogP contribution < -0.4 is 5.32 Å². The molecular formula is C15H21ClN2O2. The maximum absolute atomic E-state index is 11.8. The maximum Gasteiger partial charge on any atom is 0.237 e. The van der Waals surface area contributed by atoms with E-state index in [4.69, 9.17) is 11.6 Å². The number of rotatable bonds is 4. The van der Waals surface area contributed by atoms with E-state index in [9.17, 15) is 9.59 Å². The first-order valence-electron chi connectivity index (χ1n) is 6.86. The van der Waals surface area contributed by atoms with Gasteiger partial charge in [-0.25, -0.2) is 0 Å². The topological polar surface area (TPSA) is 49.4 Å². The number of nitrogens with one attached hydrogen (secondary N) is 1. The van der Waals surface area contributed by atoms with Crippen molar-refractivity contribution in [2.24, 2.45) is 5.92 Å². The van der Waals surface area contributed by atoms with E-state index >= 15 is 0 Å². The van der Waals surface area contributed by atoms with Gasteiger partial charge in [-0.1, -0.05) is 44.2 Å². The van der Waals surface area contributed by atoms with Crippen molar-refractivity contribution in [2.45, 2.75) is 20.4 Å². The standard InChI is InChI=1S/C13H15ClN2O2.C2H6/c14-6-12(17)16-8-11(9-16)13(18)15-7-10-4-2-1-3-5-10;1-2/h1-5,11H,6-9H2,(H,15,18);1-2H3. The molecule has 1 heterocycles. The third kappa shape index (κ3) is 4.53. The number of hydrogen-bond acceptors (Lipinski definition) is 2. The Morgan fingerprint density at radius 3 is 2.40 bits per heavy atom. The second-order valence-corrected chi connectivity index (χ2v) is 4.60. The van der Waals surface area contributed by atoms with E-state index < -0.39 is 0 Å². The molecule has 20 heavy (non-hydrogen) atoms. The molecule has 1 aromatic carbocycles. The normalized spacial score (nSPS) is 13.8. The van der Waals surface area contributed by atoms with Crippen LogP contribution in [0, 0.1) is 5.92 Å². The largest absolute Gasteiger partial charge is 0.352 e. The molecule has 1 N–H and O–H groups in total. The number of nitrogens with zero attached hydrogens (tertiary/aromatic N) is 1. The Kier molecular flexibility index (Phi) is 7.09. The van der Waals surface area contributed by atoms with E-state index in [2.05, 4.69) is 5.32 Å². The second-order valence-electron chi connectivity index (χ2n) is 4.33. The van der Waals surface area contributed by atoms with Gasteiger partial charge in [-0.15, -0.1) is 11.6 Å². The highest BCUT2D eigenvalue weighted by Gasteiger charge is 2.34. The van der Waals surface area contributed by atoms with Crippen molar-refractivity contribution in [2.75, 3.05) is 19.0 Å². The molecular weight excluding hydrogens is 276 g/mol. The van der Waals surface area contributed by atoms with Gasteiger partial charge >= 0.3 is 0 Å². The third-order valence-corrected chi connectivity index (χ3v) is 3.26. The van der Waals surface area contributed by atoms with Gasteiger partial charge in [0.2, 0.25) is 11.8 Å². The lowest BCUT2D eigenvalue weighted by atomic mass is 9.99. The van der Waals surface area contributed by atoms with Crippen LogP contribution in [0.5, 0.6) is 0 Å². The minimum absolute atomic E-state index is 0.00234. The summed E-state index contributed by atoms with van der Waals surface area (Å²) in [6.45, 7) is 5.48. The monoisotopic (exact) mass is 296 g/mol. The second kappa shape index (κ2) is 8.59. The summed E-state index contributed by atoms with van der Waals surface area (Å²) in [4.78, 5) is 24.6. The van der Waals surface area contributed by atoms with Gasteiger partial charge in [-0.2, -0.15) is 0 Å². The predicted molar refractivity (Wildman–Crippen MR) is 80.4 cm³/mol. The van der Waals surface area contributed by atoms with Crippen LogP contribution in [0.1, 0.15) is 19.4 Å². The van der Waals surface area contributed by atoms with Gasteiger partial charge < -0.3 is 10.2 Å². The van der Waals surface area contributed by atoms with Crippen molar-refractivity contribution in [3.05, 3.63) is 35.9 Å². The first kappa shape index (κ1) is 16.5. The lowest BCUT2D eigenvalue weighted by Gasteiger charge is -2.37. The van der Waals surface area contributed by atoms with E-state index in [0.29, 0.717) is 19.6 Å². The Bertz CT molecular complexity index is 431. The average molecular weight is 297 g/mol. The fraction of sp³-hybridized carbons (Fsp3) is 0.467. The van der Waals surface area contributed by atoms with Crippen molar-refractivity contribution < 1.29 is 9.59 Å². The number of carbonyl (C=O) groups excluding carboxylic acids is 2. The summed E-state index contributed by atoms with van der Waals surface area (Å²) < 4.78 is 0. The highest BCUT2D eigenvalue weighted by atomic mass is 35.5. The van der Waals surface area contributed by atoms with Crippen molar-refractivity contribution in [3.8, 4) is 0 Å². The summed E-state index contributed by atoms with van der Waals surface area (Å²) in [6, 6.07) is 9.74. The van der Waals surface area contributed by atoms with Gasteiger partial charge in [0.15, 0.2) is 0 Å². The fourth-order valence-electron chi connectivity index (χ4n) is 1.86. The van der Waals surface area contributed by atoms with Gasteiger partial charge in [0, 0.05) is 19.6 Å². The van der Waals surface area contributed by atoms with E-state index in [1.54, 1.807) is 4.90 Å². The minimum atomic E-state index is -0.108. The van der Waals surface area contributed by atoms with Crippen LogP contribution >= 0.6 is 11.6 Å². The Morgan fingerprint density at radius 1 is 1.25 bits per heavy atom. The van der Waals surface area contributed by atoms with Crippen molar-refractivity contribution >= 4 is 23.4 Å². The van der Waals surface area contributed by atoms with Gasteiger partial charge in [-0.3, -0.25) is 9.59 Å². The SMILES string of the molecule is CC.O=C(NCc1ccccc1)C1CN(C(=O)CCl)C1. The van der Waals surface area contributed by atoms with Crippen LogP contribution in [-0.2, 0) is 16.1 Å². The molecule has 1 aliphatic heterocycles. The molecule has 0 radical (unpaired) electrons. The molecule has 0 saturated carbocycles. The molecule has 2 amide bonds. The fourth-order valence-corrected chi connectivity index (χ4v) is 2.03. The summed E-state index contributed by atoms with van der Waals surface area (Å²) in [5.74, 6) is -0.222. The highest BCUT2D eigenvalue weighted by Crippen LogP contribution is 2.16. The number of hydrogen-bond donors (Lipinski definition) is 1. The Morgan fingerprint density at radius 2 is 1.85 bits per heavy atom. The van der Waals surface area contributed by atoms with Crippen molar-refractivity contribution in [1.29, 1.82) is 0 Å². The molecule has 1 aromatic rings. The molecule has 0 atom stereocenters. The first-order chi connectivity index (χ1) is 9.70. The van der Waals surface area contributed by atoms with Crippen LogP contribution in [0.2, 0.25) is 0 Å². The van der Waals surface area contributed by atoms with Crippen LogP contribution in [0.3, 0.4) is 0 Å². The van der Waals surface area contributed by atoms with Crippen LogP contribution in [-0.4, -0.2) is 35.7 Å². The number of likely N-dealkylation sites (tertiary alicyclic amines) is 1. The molecule has 5 heteroatoms. The van der Waals surface area contributed by atoms with E-state index in [-0.39, 0.29) is 23.6 Å². The molecule has 1 saturated heterocycles. The van der Waals surface area contributed by atoms with Gasteiger partial charge in [-0.05, 0) is 5.56 Å². The molecule has 1 fully saturated rings. The molecule has 0 aromatic heterocycles. The lowest BCUT2D eigenvalue weighted by molar-refractivity contribution is -0.141. The molecule has 0 spiro atoms. The quantitative estimate of drug-likeness (QED) is 0.864. The zero-order valence-electron chi connectivity index (χ0n) is 11.9. The third-order valence-electron chi connectivity index (χ3n) is 3.03. The van der Waals surface area contributed by atoms with E-state index in [0.717, 1.165) is 5.56 Å². The summed E-state index contributed by atoms with van der Waals surface area (Å²) >= 11 is 5.44. The van der Waals surface area contributed by atoms with E-state index in [1.807, 2.05) is 44.2 Å². The van der Waals surface area contributed by atoms with Gasteiger partial charge in [0.05, 0.1) is 5.92 Å². The smallest absolute Gasteiger partial charge is 0.237 e. The van der Waals surface area contributed by atoms with Crippen molar-refractivity contribution in [3.63, 3.8) is 0 Å². The number of carbonyl (C=O) groups is 2. The zero-order valence-corrected chi connectivity index (χ0v) is 12.7. The summed E-state index contributed by atoms with van der Waals surface area (Å²) in [5.41, 5.74) is 1.07. The van der Waals surface area contributed by atoms with E-state index in [1.165, 1.54) is 0 Å². The lowest BCUT2D eigenvalue weighted by Crippen LogP contribution is -2.56. The van der Waals surface area contributed by atoms with Gasteiger partial charge in [0.1, 0.15) is 5.88 Å². The first-order valence-corrected chi connectivity index (χ1v) is 7.39.